The molecule has 0 aliphatic carbocycles. The first kappa shape index (κ1) is 19.3. The largest absolute Gasteiger partial charge is 0.453 e. The Bertz CT molecular complexity index is 1170. The van der Waals surface area contributed by atoms with Crippen LogP contribution in [0.1, 0.15) is 0 Å². The number of fused-ring (bicyclic) bond motifs is 2. The standard InChI is InChI=1S/C24H20N2O4/c1-29-23(27)25-19-13-11-15-7-3-5-9-17(15)21(19)22-18-10-6-4-8-16(18)12-14-20(22)26-24(28)30-2/h3-14H,1-2H3,(H,25,27)(H,26,28). The summed E-state index contributed by atoms with van der Waals surface area (Å²) in [6.07, 6.45) is -1.15. The Hall–Kier alpha value is -4.06. The topological polar surface area (TPSA) is 76.7 Å². The summed E-state index contributed by atoms with van der Waals surface area (Å²) < 4.78 is 9.63. The van der Waals surface area contributed by atoms with Crippen LogP contribution in [-0.4, -0.2) is 26.4 Å². The Morgan fingerprint density at radius 2 is 1.00 bits per heavy atom. The monoisotopic (exact) mass is 400 g/mol. The molecular weight excluding hydrogens is 380 g/mol. The lowest BCUT2D eigenvalue weighted by atomic mass is 9.91. The Kier molecular flexibility index (Phi) is 5.22. The molecule has 0 aliphatic heterocycles. The average Bonchev–Trinajstić information content (AvgIpc) is 2.79. The molecule has 4 aromatic carbocycles. The summed E-state index contributed by atoms with van der Waals surface area (Å²) in [4.78, 5) is 24.1. The number of nitrogens with one attached hydrogen (secondary N) is 2. The van der Waals surface area contributed by atoms with E-state index in [0.717, 1.165) is 32.7 Å². The van der Waals surface area contributed by atoms with Gasteiger partial charge in [0, 0.05) is 11.1 Å². The zero-order valence-corrected chi connectivity index (χ0v) is 16.6. The first-order chi connectivity index (χ1) is 14.6. The van der Waals surface area contributed by atoms with Crippen molar-refractivity contribution < 1.29 is 19.1 Å². The van der Waals surface area contributed by atoms with Crippen LogP contribution in [0.3, 0.4) is 0 Å². The molecular formula is C24H20N2O4. The fraction of sp³-hybridized carbons (Fsp3) is 0.0833. The summed E-state index contributed by atoms with van der Waals surface area (Å²) in [7, 11) is 2.64. The molecule has 2 N–H and O–H groups in total. The first-order valence-corrected chi connectivity index (χ1v) is 9.36. The minimum absolute atomic E-state index is 0.574. The molecule has 0 bridgehead atoms. The van der Waals surface area contributed by atoms with Crippen LogP contribution >= 0.6 is 0 Å². The molecule has 0 saturated heterocycles. The quantitative estimate of drug-likeness (QED) is 0.441. The molecule has 0 saturated carbocycles. The molecule has 30 heavy (non-hydrogen) atoms. The van der Waals surface area contributed by atoms with Gasteiger partial charge in [0.15, 0.2) is 0 Å². The maximum Gasteiger partial charge on any atom is 0.411 e. The molecule has 0 atom stereocenters. The van der Waals surface area contributed by atoms with E-state index in [0.29, 0.717) is 11.4 Å². The second-order valence-electron chi connectivity index (χ2n) is 6.65. The maximum atomic E-state index is 12.1. The summed E-state index contributed by atoms with van der Waals surface area (Å²) in [5.74, 6) is 0. The SMILES string of the molecule is COC(=O)Nc1ccc2ccccc2c1-c1c(NC(=O)OC)ccc2ccccc12. The number of ether oxygens (including phenoxy) is 2. The van der Waals surface area contributed by atoms with Gasteiger partial charge in [-0.15, -0.1) is 0 Å². The van der Waals surface area contributed by atoms with E-state index in [1.165, 1.54) is 14.2 Å². The first-order valence-electron chi connectivity index (χ1n) is 9.36. The highest BCUT2D eigenvalue weighted by atomic mass is 16.5. The van der Waals surface area contributed by atoms with E-state index < -0.39 is 12.2 Å². The van der Waals surface area contributed by atoms with Crippen molar-refractivity contribution in [1.82, 2.24) is 0 Å². The van der Waals surface area contributed by atoms with Crippen LogP contribution in [0, 0.1) is 0 Å². The molecule has 150 valence electrons. The van der Waals surface area contributed by atoms with Gasteiger partial charge in [-0.2, -0.15) is 0 Å². The van der Waals surface area contributed by atoms with Crippen LogP contribution in [0.15, 0.2) is 72.8 Å². The molecule has 0 aliphatic rings. The number of rotatable bonds is 3. The lowest BCUT2D eigenvalue weighted by molar-refractivity contribution is 0.186. The van der Waals surface area contributed by atoms with Crippen LogP contribution in [-0.2, 0) is 9.47 Å². The normalized spacial score (nSPS) is 10.6. The molecule has 6 heteroatoms. The number of methoxy groups -OCH3 is 2. The number of amides is 2. The lowest BCUT2D eigenvalue weighted by Gasteiger charge is -2.19. The van der Waals surface area contributed by atoms with Crippen LogP contribution in [0.5, 0.6) is 0 Å². The third kappa shape index (κ3) is 3.51. The predicted molar refractivity (Wildman–Crippen MR) is 119 cm³/mol. The highest BCUT2D eigenvalue weighted by Crippen LogP contribution is 2.43. The third-order valence-corrected chi connectivity index (χ3v) is 4.95. The predicted octanol–water partition coefficient (Wildman–Crippen LogP) is 6.02. The zero-order chi connectivity index (χ0) is 21.1. The van der Waals surface area contributed by atoms with Gasteiger partial charge in [-0.3, -0.25) is 10.6 Å². The van der Waals surface area contributed by atoms with Gasteiger partial charge in [-0.05, 0) is 33.7 Å². The summed E-state index contributed by atoms with van der Waals surface area (Å²) in [6, 6.07) is 23.3. The minimum atomic E-state index is -0.575. The number of hydrogen-bond donors (Lipinski definition) is 2. The van der Waals surface area contributed by atoms with Gasteiger partial charge in [-0.25, -0.2) is 9.59 Å². The molecule has 0 aromatic heterocycles. The van der Waals surface area contributed by atoms with E-state index in [1.807, 2.05) is 72.8 Å². The highest BCUT2D eigenvalue weighted by Gasteiger charge is 2.19. The van der Waals surface area contributed by atoms with Gasteiger partial charge >= 0.3 is 12.2 Å². The highest BCUT2D eigenvalue weighted by molar-refractivity contribution is 6.16. The van der Waals surface area contributed by atoms with Gasteiger partial charge in [0.25, 0.3) is 0 Å². The summed E-state index contributed by atoms with van der Waals surface area (Å²) in [5, 5.41) is 9.46. The second-order valence-corrected chi connectivity index (χ2v) is 6.65. The third-order valence-electron chi connectivity index (χ3n) is 4.95. The fourth-order valence-electron chi connectivity index (χ4n) is 3.61. The van der Waals surface area contributed by atoms with Crippen molar-refractivity contribution in [3.05, 3.63) is 72.8 Å². The van der Waals surface area contributed by atoms with Crippen molar-refractivity contribution in [2.45, 2.75) is 0 Å². The molecule has 6 nitrogen and oxygen atoms in total. The van der Waals surface area contributed by atoms with Gasteiger partial charge in [-0.1, -0.05) is 60.7 Å². The van der Waals surface area contributed by atoms with E-state index >= 15 is 0 Å². The lowest BCUT2D eigenvalue weighted by Crippen LogP contribution is -2.14. The van der Waals surface area contributed by atoms with Gasteiger partial charge < -0.3 is 9.47 Å². The number of carbonyl (C=O) groups excluding carboxylic acids is 2. The molecule has 0 spiro atoms. The Labute approximate surface area is 173 Å². The average molecular weight is 400 g/mol. The molecule has 0 radical (unpaired) electrons. The molecule has 0 heterocycles. The van der Waals surface area contributed by atoms with Crippen molar-refractivity contribution in [1.29, 1.82) is 0 Å². The van der Waals surface area contributed by atoms with Crippen molar-refractivity contribution in [2.75, 3.05) is 24.9 Å². The van der Waals surface area contributed by atoms with Crippen molar-refractivity contribution in [2.24, 2.45) is 0 Å². The smallest absolute Gasteiger partial charge is 0.411 e. The van der Waals surface area contributed by atoms with Crippen molar-refractivity contribution >= 4 is 45.1 Å². The van der Waals surface area contributed by atoms with E-state index in [9.17, 15) is 9.59 Å². The zero-order valence-electron chi connectivity index (χ0n) is 16.6. The molecule has 0 fully saturated rings. The van der Waals surface area contributed by atoms with Gasteiger partial charge in [0.05, 0.1) is 25.6 Å². The number of benzene rings is 4. The molecule has 4 aromatic rings. The molecule has 4 rings (SSSR count). The van der Waals surface area contributed by atoms with Crippen molar-refractivity contribution in [3.63, 3.8) is 0 Å². The van der Waals surface area contributed by atoms with Crippen LogP contribution in [0.4, 0.5) is 21.0 Å². The maximum absolute atomic E-state index is 12.1. The minimum Gasteiger partial charge on any atom is -0.453 e. The summed E-state index contributed by atoms with van der Waals surface area (Å²) in [5.41, 5.74) is 2.71. The summed E-state index contributed by atoms with van der Waals surface area (Å²) in [6.45, 7) is 0. The number of anilines is 2. The second kappa shape index (κ2) is 8.13. The Morgan fingerprint density at radius 1 is 0.600 bits per heavy atom. The van der Waals surface area contributed by atoms with Crippen LogP contribution < -0.4 is 10.6 Å². The summed E-state index contributed by atoms with van der Waals surface area (Å²) >= 11 is 0. The molecule has 0 unspecified atom stereocenters. The molecule has 2 amide bonds. The Balaban J connectivity index is 2.10. The van der Waals surface area contributed by atoms with Gasteiger partial charge in [0.2, 0.25) is 0 Å². The van der Waals surface area contributed by atoms with E-state index in [2.05, 4.69) is 10.6 Å². The van der Waals surface area contributed by atoms with Crippen LogP contribution in [0.25, 0.3) is 32.7 Å². The van der Waals surface area contributed by atoms with E-state index in [4.69, 9.17) is 9.47 Å². The van der Waals surface area contributed by atoms with Crippen molar-refractivity contribution in [3.8, 4) is 11.1 Å². The van der Waals surface area contributed by atoms with E-state index in [-0.39, 0.29) is 0 Å². The number of hydrogen-bond acceptors (Lipinski definition) is 4. The fourth-order valence-corrected chi connectivity index (χ4v) is 3.61. The Morgan fingerprint density at radius 3 is 1.40 bits per heavy atom. The van der Waals surface area contributed by atoms with Crippen LogP contribution in [0.2, 0.25) is 0 Å². The number of carbonyl (C=O) groups is 2. The van der Waals surface area contributed by atoms with E-state index in [1.54, 1.807) is 0 Å². The van der Waals surface area contributed by atoms with Gasteiger partial charge in [0.1, 0.15) is 0 Å².